The van der Waals surface area contributed by atoms with Gasteiger partial charge >= 0.3 is 38.6 Å². The summed E-state index contributed by atoms with van der Waals surface area (Å²) in [5.74, 6) is 0. The van der Waals surface area contributed by atoms with Crippen LogP contribution in [0.5, 0.6) is 0 Å². The van der Waals surface area contributed by atoms with Crippen LogP contribution in [0, 0.1) is 0 Å². The van der Waals surface area contributed by atoms with Gasteiger partial charge in [0.15, 0.2) is 0 Å². The third-order valence-electron chi connectivity index (χ3n) is 3.54. The van der Waals surface area contributed by atoms with Crippen LogP contribution in [0.1, 0.15) is 11.1 Å². The average molecular weight is 489 g/mol. The zero-order chi connectivity index (χ0) is 16.8. The minimum Gasteiger partial charge on any atom is -1.00 e. The SMILES string of the molecule is FC(F)(F)c1cc(-c2cc3ccccc3[cH-]2)cc(C(F)(F)F)c1.[Cl-].[Cl-].[Zr+3]. The van der Waals surface area contributed by atoms with Gasteiger partial charge in [0.05, 0.1) is 0 Å². The predicted molar refractivity (Wildman–Crippen MR) is 75.0 cm³/mol. The fourth-order valence-electron chi connectivity index (χ4n) is 2.44. The van der Waals surface area contributed by atoms with Crippen molar-refractivity contribution in [1.82, 2.24) is 0 Å². The summed E-state index contributed by atoms with van der Waals surface area (Å²) in [4.78, 5) is 0. The first-order valence-corrected chi connectivity index (χ1v) is 6.60. The van der Waals surface area contributed by atoms with Crippen LogP contribution in [0.4, 0.5) is 26.3 Å². The number of hydrogen-bond acceptors (Lipinski definition) is 0. The van der Waals surface area contributed by atoms with Crippen LogP contribution >= 0.6 is 0 Å². The minimum atomic E-state index is -4.85. The number of halogens is 8. The van der Waals surface area contributed by atoms with Gasteiger partial charge in [0, 0.05) is 11.1 Å². The number of alkyl halides is 6. The number of benzene rings is 2. The zero-order valence-corrected chi connectivity index (χ0v) is 16.7. The van der Waals surface area contributed by atoms with Crippen LogP contribution < -0.4 is 24.8 Å². The quantitative estimate of drug-likeness (QED) is 0.340. The van der Waals surface area contributed by atoms with Crippen molar-refractivity contribution in [2.45, 2.75) is 12.4 Å². The molecular weight excluding hydrogens is 480 g/mol. The van der Waals surface area contributed by atoms with E-state index in [1.165, 1.54) is 0 Å². The maximum Gasteiger partial charge on any atom is 3.00 e. The molecule has 3 aromatic carbocycles. The molecule has 0 aromatic heterocycles. The van der Waals surface area contributed by atoms with Crippen molar-refractivity contribution < 1.29 is 77.4 Å². The molecule has 0 heterocycles. The standard InChI is InChI=1S/C17H9F6.2ClH.Zr/c18-16(19,20)14-7-13(8-15(9-14)17(21,22)23)12-5-10-3-1-2-4-11(10)6-12;;;/h1-9H;2*1H;/q-1;;;+3/p-2. The Hall–Kier alpha value is -0.907. The van der Waals surface area contributed by atoms with Gasteiger partial charge in [-0.05, 0) is 6.07 Å². The summed E-state index contributed by atoms with van der Waals surface area (Å²) in [6.45, 7) is 0. The van der Waals surface area contributed by atoms with Crippen LogP contribution in [-0.4, -0.2) is 0 Å². The largest absolute Gasteiger partial charge is 3.00 e. The van der Waals surface area contributed by atoms with Crippen LogP contribution in [0.15, 0.2) is 54.6 Å². The van der Waals surface area contributed by atoms with E-state index in [4.69, 9.17) is 0 Å². The van der Waals surface area contributed by atoms with Crippen molar-refractivity contribution in [3.8, 4) is 11.1 Å². The molecule has 0 atom stereocenters. The Morgan fingerprint density at radius 1 is 0.692 bits per heavy atom. The molecular formula is C17H9Cl2F6Zr. The monoisotopic (exact) mass is 487 g/mol. The zero-order valence-electron chi connectivity index (χ0n) is 12.7. The third kappa shape index (κ3) is 5.31. The molecule has 0 bridgehead atoms. The van der Waals surface area contributed by atoms with E-state index in [0.29, 0.717) is 5.56 Å². The molecule has 9 heteroatoms. The van der Waals surface area contributed by atoms with Crippen LogP contribution in [-0.2, 0) is 38.6 Å². The molecule has 1 radical (unpaired) electrons. The molecule has 0 N–H and O–H groups in total. The fraction of sp³-hybridized carbons (Fsp3) is 0.118. The Bertz CT molecular complexity index is 802. The maximum absolute atomic E-state index is 12.9. The molecule has 3 aromatic rings. The topological polar surface area (TPSA) is 0 Å². The van der Waals surface area contributed by atoms with Crippen molar-refractivity contribution in [1.29, 1.82) is 0 Å². The van der Waals surface area contributed by atoms with Gasteiger partial charge in [-0.3, -0.25) is 0 Å². The number of rotatable bonds is 1. The first kappa shape index (κ1) is 25.1. The van der Waals surface area contributed by atoms with Crippen molar-refractivity contribution in [2.24, 2.45) is 0 Å². The second kappa shape index (κ2) is 8.85. The average Bonchev–Trinajstić information content (AvgIpc) is 2.89. The molecule has 3 rings (SSSR count). The first-order valence-electron chi connectivity index (χ1n) is 6.60. The van der Waals surface area contributed by atoms with E-state index in [-0.39, 0.29) is 62.6 Å². The Balaban J connectivity index is 0.00000208. The number of fused-ring (bicyclic) bond motifs is 1. The smallest absolute Gasteiger partial charge is 1.00 e. The van der Waals surface area contributed by atoms with Gasteiger partial charge in [-0.2, -0.15) is 26.3 Å². The molecule has 0 aliphatic heterocycles. The molecule has 137 valence electrons. The van der Waals surface area contributed by atoms with Crippen molar-refractivity contribution in [2.75, 3.05) is 0 Å². The first-order chi connectivity index (χ1) is 10.6. The van der Waals surface area contributed by atoms with E-state index in [9.17, 15) is 26.3 Å². The third-order valence-corrected chi connectivity index (χ3v) is 3.54. The molecule has 0 nitrogen and oxygen atoms in total. The summed E-state index contributed by atoms with van der Waals surface area (Å²) in [6, 6.07) is 11.8. The summed E-state index contributed by atoms with van der Waals surface area (Å²) < 4.78 is 77.3. The summed E-state index contributed by atoms with van der Waals surface area (Å²) in [6.07, 6.45) is -9.69. The summed E-state index contributed by atoms with van der Waals surface area (Å²) in [5.41, 5.74) is -2.41. The van der Waals surface area contributed by atoms with Gasteiger partial charge in [0.1, 0.15) is 0 Å². The van der Waals surface area contributed by atoms with Gasteiger partial charge in [0.2, 0.25) is 0 Å². The van der Waals surface area contributed by atoms with Gasteiger partial charge < -0.3 is 24.8 Å². The molecule has 0 fully saturated rings. The minimum absolute atomic E-state index is 0. The van der Waals surface area contributed by atoms with Gasteiger partial charge in [0.25, 0.3) is 0 Å². The van der Waals surface area contributed by atoms with Gasteiger partial charge in [-0.15, -0.1) is 34.5 Å². The van der Waals surface area contributed by atoms with Gasteiger partial charge in [-0.1, -0.05) is 35.9 Å². The second-order valence-electron chi connectivity index (χ2n) is 5.17. The summed E-state index contributed by atoms with van der Waals surface area (Å²) >= 11 is 0. The molecule has 0 spiro atoms. The van der Waals surface area contributed by atoms with Crippen LogP contribution in [0.25, 0.3) is 21.9 Å². The predicted octanol–water partition coefficient (Wildman–Crippen LogP) is 0.269. The van der Waals surface area contributed by atoms with Crippen molar-refractivity contribution >= 4 is 10.8 Å². The Morgan fingerprint density at radius 3 is 1.65 bits per heavy atom. The molecule has 0 amide bonds. The van der Waals surface area contributed by atoms with Crippen molar-refractivity contribution in [3.63, 3.8) is 0 Å². The van der Waals surface area contributed by atoms with Gasteiger partial charge in [-0.25, -0.2) is 0 Å². The van der Waals surface area contributed by atoms with E-state index in [2.05, 4.69) is 0 Å². The van der Waals surface area contributed by atoms with Crippen molar-refractivity contribution in [3.05, 3.63) is 65.7 Å². The maximum atomic E-state index is 12.9. The molecule has 26 heavy (non-hydrogen) atoms. The summed E-state index contributed by atoms with van der Waals surface area (Å²) in [5, 5.41) is 1.52. The van der Waals surface area contributed by atoms with Crippen LogP contribution in [0.2, 0.25) is 0 Å². The van der Waals surface area contributed by atoms with E-state index in [1.807, 2.05) is 0 Å². The molecule has 0 unspecified atom stereocenters. The Labute approximate surface area is 176 Å². The van der Waals surface area contributed by atoms with E-state index >= 15 is 0 Å². The molecule has 0 aliphatic carbocycles. The second-order valence-corrected chi connectivity index (χ2v) is 5.17. The molecule has 0 saturated heterocycles. The summed E-state index contributed by atoms with van der Waals surface area (Å²) in [7, 11) is 0. The van der Waals surface area contributed by atoms with E-state index < -0.39 is 23.5 Å². The molecule has 0 saturated carbocycles. The van der Waals surface area contributed by atoms with E-state index in [1.54, 1.807) is 36.4 Å². The molecule has 0 aliphatic rings. The van der Waals surface area contributed by atoms with Crippen LogP contribution in [0.3, 0.4) is 0 Å². The Morgan fingerprint density at radius 2 is 1.19 bits per heavy atom. The normalized spacial score (nSPS) is 11.3. The number of hydrogen-bond donors (Lipinski definition) is 0. The Kier molecular flexibility index (Phi) is 8.55. The van der Waals surface area contributed by atoms with E-state index in [0.717, 1.165) is 22.9 Å². The fourth-order valence-corrected chi connectivity index (χ4v) is 2.44.